The monoisotopic (exact) mass is 295 g/mol. The van der Waals surface area contributed by atoms with Gasteiger partial charge in [0.25, 0.3) is 0 Å². The lowest BCUT2D eigenvalue weighted by molar-refractivity contribution is -0.111. The molecule has 0 aliphatic carbocycles. The van der Waals surface area contributed by atoms with Crippen LogP contribution in [0, 0.1) is 5.82 Å². The van der Waals surface area contributed by atoms with Gasteiger partial charge < -0.3 is 5.32 Å². The number of hydrogen-bond donors (Lipinski definition) is 1. The van der Waals surface area contributed by atoms with Crippen LogP contribution in [0.5, 0.6) is 0 Å². The summed E-state index contributed by atoms with van der Waals surface area (Å²) in [6, 6.07) is 12.5. The zero-order valence-corrected chi connectivity index (χ0v) is 11.8. The Hall–Kier alpha value is -3.01. The molecule has 4 heteroatoms. The maximum atomic E-state index is 13.0. The number of carbonyl (C=O) groups excluding carboxylic acids is 2. The van der Waals surface area contributed by atoms with Gasteiger partial charge in [0.15, 0.2) is 5.78 Å². The Kier molecular flexibility index (Phi) is 4.98. The third kappa shape index (κ3) is 4.24. The molecule has 2 rings (SSSR count). The van der Waals surface area contributed by atoms with Gasteiger partial charge in [0.2, 0.25) is 5.91 Å². The largest absolute Gasteiger partial charge is 0.323 e. The highest BCUT2D eigenvalue weighted by molar-refractivity contribution is 6.07. The van der Waals surface area contributed by atoms with E-state index in [2.05, 4.69) is 11.9 Å². The van der Waals surface area contributed by atoms with Crippen LogP contribution in [0.15, 0.2) is 67.3 Å². The van der Waals surface area contributed by atoms with E-state index in [0.717, 1.165) is 0 Å². The van der Waals surface area contributed by atoms with E-state index < -0.39 is 0 Å². The molecule has 0 aliphatic heterocycles. The molecule has 0 aromatic heterocycles. The van der Waals surface area contributed by atoms with Gasteiger partial charge in [0.05, 0.1) is 0 Å². The fourth-order valence-electron chi connectivity index (χ4n) is 1.79. The smallest absolute Gasteiger partial charge is 0.247 e. The third-order valence-electron chi connectivity index (χ3n) is 2.90. The van der Waals surface area contributed by atoms with Gasteiger partial charge in [-0.2, -0.15) is 0 Å². The van der Waals surface area contributed by atoms with Crippen LogP contribution < -0.4 is 5.32 Å². The van der Waals surface area contributed by atoms with Crippen molar-refractivity contribution < 1.29 is 14.0 Å². The number of hydrogen-bond acceptors (Lipinski definition) is 2. The molecule has 22 heavy (non-hydrogen) atoms. The number of allylic oxidation sites excluding steroid dienone is 1. The van der Waals surface area contributed by atoms with E-state index in [-0.39, 0.29) is 17.5 Å². The summed E-state index contributed by atoms with van der Waals surface area (Å²) in [5.41, 5.74) is 1.67. The number of carbonyl (C=O) groups is 2. The molecule has 0 unspecified atom stereocenters. The van der Waals surface area contributed by atoms with Gasteiger partial charge in [0.1, 0.15) is 5.82 Å². The summed E-state index contributed by atoms with van der Waals surface area (Å²) in [4.78, 5) is 23.2. The molecule has 0 atom stereocenters. The van der Waals surface area contributed by atoms with E-state index in [9.17, 15) is 14.0 Å². The summed E-state index contributed by atoms with van der Waals surface area (Å²) in [5, 5.41) is 2.59. The minimum atomic E-state index is -0.350. The topological polar surface area (TPSA) is 46.2 Å². The van der Waals surface area contributed by atoms with Crippen molar-refractivity contribution in [1.29, 1.82) is 0 Å². The van der Waals surface area contributed by atoms with Crippen LogP contribution in [0.2, 0.25) is 0 Å². The van der Waals surface area contributed by atoms with Crippen LogP contribution in [0.3, 0.4) is 0 Å². The average molecular weight is 295 g/mol. The second-order valence-corrected chi connectivity index (χ2v) is 4.52. The van der Waals surface area contributed by atoms with E-state index in [1.54, 1.807) is 42.5 Å². The molecule has 2 aromatic rings. The third-order valence-corrected chi connectivity index (χ3v) is 2.90. The molecule has 0 heterocycles. The first-order valence-corrected chi connectivity index (χ1v) is 6.60. The quantitative estimate of drug-likeness (QED) is 0.673. The molecule has 2 aromatic carbocycles. The minimum Gasteiger partial charge on any atom is -0.323 e. The lowest BCUT2D eigenvalue weighted by atomic mass is 10.1. The number of nitrogens with one attached hydrogen (secondary N) is 1. The van der Waals surface area contributed by atoms with Gasteiger partial charge in [-0.05, 0) is 54.1 Å². The van der Waals surface area contributed by atoms with Crippen molar-refractivity contribution in [2.75, 3.05) is 5.32 Å². The zero-order valence-electron chi connectivity index (χ0n) is 11.8. The van der Waals surface area contributed by atoms with Crippen molar-refractivity contribution in [3.05, 3.63) is 84.2 Å². The number of ketones is 1. The van der Waals surface area contributed by atoms with Crippen molar-refractivity contribution in [3.63, 3.8) is 0 Å². The van der Waals surface area contributed by atoms with Crippen molar-refractivity contribution in [2.24, 2.45) is 0 Å². The molecular weight excluding hydrogens is 281 g/mol. The Labute approximate surface area is 127 Å². The first kappa shape index (κ1) is 15.4. The fourth-order valence-corrected chi connectivity index (χ4v) is 1.79. The van der Waals surface area contributed by atoms with Crippen molar-refractivity contribution in [3.8, 4) is 0 Å². The van der Waals surface area contributed by atoms with Crippen LogP contribution in [0.4, 0.5) is 10.1 Å². The van der Waals surface area contributed by atoms with Crippen LogP contribution in [0.1, 0.15) is 15.9 Å². The van der Waals surface area contributed by atoms with Gasteiger partial charge >= 0.3 is 0 Å². The van der Waals surface area contributed by atoms with Crippen molar-refractivity contribution in [1.82, 2.24) is 0 Å². The Morgan fingerprint density at radius 1 is 1.09 bits per heavy atom. The number of amides is 1. The zero-order chi connectivity index (χ0) is 15.9. The molecule has 0 aliphatic rings. The van der Waals surface area contributed by atoms with Gasteiger partial charge in [-0.25, -0.2) is 4.39 Å². The van der Waals surface area contributed by atoms with E-state index in [0.29, 0.717) is 16.8 Å². The highest BCUT2D eigenvalue weighted by atomic mass is 19.1. The SMILES string of the molecule is C=CC(=O)Nc1ccc(C(=O)/C=C/c2cccc(F)c2)cc1. The van der Waals surface area contributed by atoms with Crippen molar-refractivity contribution >= 4 is 23.5 Å². The molecule has 3 nitrogen and oxygen atoms in total. The van der Waals surface area contributed by atoms with Crippen LogP contribution in [-0.4, -0.2) is 11.7 Å². The summed E-state index contributed by atoms with van der Waals surface area (Å²) < 4.78 is 13.0. The van der Waals surface area contributed by atoms with E-state index in [4.69, 9.17) is 0 Å². The normalized spacial score (nSPS) is 10.4. The second-order valence-electron chi connectivity index (χ2n) is 4.52. The first-order valence-electron chi connectivity index (χ1n) is 6.60. The lowest BCUT2D eigenvalue weighted by Crippen LogP contribution is -2.07. The number of halogens is 1. The standard InChI is InChI=1S/C18H14FNO2/c1-2-18(22)20-16-9-7-14(8-10-16)17(21)11-6-13-4-3-5-15(19)12-13/h2-12H,1H2,(H,20,22)/b11-6+. The molecular formula is C18H14FNO2. The molecule has 1 N–H and O–H groups in total. The number of rotatable bonds is 5. The number of benzene rings is 2. The van der Waals surface area contributed by atoms with Crippen LogP contribution >= 0.6 is 0 Å². The summed E-state index contributed by atoms with van der Waals surface area (Å²) >= 11 is 0. The summed E-state index contributed by atoms with van der Waals surface area (Å²) in [6.45, 7) is 3.36. The fraction of sp³-hybridized carbons (Fsp3) is 0. The Morgan fingerprint density at radius 3 is 2.45 bits per heavy atom. The molecule has 0 saturated heterocycles. The Bertz CT molecular complexity index is 733. The van der Waals surface area contributed by atoms with Gasteiger partial charge in [-0.1, -0.05) is 24.8 Å². The molecule has 0 saturated carbocycles. The molecule has 0 spiro atoms. The van der Waals surface area contributed by atoms with E-state index in [1.807, 2.05) is 0 Å². The second kappa shape index (κ2) is 7.13. The minimum absolute atomic E-state index is 0.203. The predicted octanol–water partition coefficient (Wildman–Crippen LogP) is 3.85. The Morgan fingerprint density at radius 2 is 1.82 bits per heavy atom. The maximum absolute atomic E-state index is 13.0. The Balaban J connectivity index is 2.06. The van der Waals surface area contributed by atoms with Crippen LogP contribution in [-0.2, 0) is 4.79 Å². The number of anilines is 1. The molecule has 0 radical (unpaired) electrons. The molecule has 0 fully saturated rings. The molecule has 110 valence electrons. The van der Waals surface area contributed by atoms with E-state index >= 15 is 0 Å². The molecule has 1 amide bonds. The van der Waals surface area contributed by atoms with Crippen molar-refractivity contribution in [2.45, 2.75) is 0 Å². The van der Waals surface area contributed by atoms with Gasteiger partial charge in [-0.3, -0.25) is 9.59 Å². The van der Waals surface area contributed by atoms with Crippen LogP contribution in [0.25, 0.3) is 6.08 Å². The molecule has 0 bridgehead atoms. The highest BCUT2D eigenvalue weighted by Gasteiger charge is 2.03. The average Bonchev–Trinajstić information content (AvgIpc) is 2.53. The van der Waals surface area contributed by atoms with E-state index in [1.165, 1.54) is 24.3 Å². The van der Waals surface area contributed by atoms with Gasteiger partial charge in [0, 0.05) is 11.3 Å². The highest BCUT2D eigenvalue weighted by Crippen LogP contribution is 2.12. The summed E-state index contributed by atoms with van der Waals surface area (Å²) in [5.74, 6) is -0.868. The first-order chi connectivity index (χ1) is 10.6. The lowest BCUT2D eigenvalue weighted by Gasteiger charge is -2.02. The maximum Gasteiger partial charge on any atom is 0.247 e. The summed E-state index contributed by atoms with van der Waals surface area (Å²) in [6.07, 6.45) is 4.10. The van der Waals surface area contributed by atoms with Gasteiger partial charge in [-0.15, -0.1) is 0 Å². The predicted molar refractivity (Wildman–Crippen MR) is 85.0 cm³/mol. The summed E-state index contributed by atoms with van der Waals surface area (Å²) in [7, 11) is 0.